The first-order chi connectivity index (χ1) is 14.1. The number of benzene rings is 2. The highest BCUT2D eigenvalue weighted by molar-refractivity contribution is 5.98. The summed E-state index contributed by atoms with van der Waals surface area (Å²) in [6.07, 6.45) is 2.10. The van der Waals surface area contributed by atoms with Gasteiger partial charge >= 0.3 is 0 Å². The molecule has 0 atom stereocenters. The molecule has 1 fully saturated rings. The molecule has 0 aliphatic carbocycles. The fraction of sp³-hybridized carbons (Fsp3) is 0.261. The molecule has 6 heteroatoms. The monoisotopic (exact) mass is 389 g/mol. The number of carbonyl (C=O) groups excluding carboxylic acids is 2. The Labute approximate surface area is 169 Å². The zero-order valence-corrected chi connectivity index (χ0v) is 16.4. The number of fused-ring (bicyclic) bond motifs is 1. The molecule has 2 amide bonds. The highest BCUT2D eigenvalue weighted by Gasteiger charge is 2.25. The number of rotatable bonds is 4. The van der Waals surface area contributed by atoms with Crippen molar-refractivity contribution in [3.8, 4) is 5.75 Å². The summed E-state index contributed by atoms with van der Waals surface area (Å²) < 4.78 is 5.15. The third-order valence-electron chi connectivity index (χ3n) is 5.28. The van der Waals surface area contributed by atoms with E-state index < -0.39 is 0 Å². The lowest BCUT2D eigenvalue weighted by molar-refractivity contribution is -0.131. The highest BCUT2D eigenvalue weighted by atomic mass is 16.5. The van der Waals surface area contributed by atoms with Gasteiger partial charge in [-0.2, -0.15) is 0 Å². The molecule has 6 nitrogen and oxygen atoms in total. The Morgan fingerprint density at radius 3 is 2.41 bits per heavy atom. The van der Waals surface area contributed by atoms with E-state index in [9.17, 15) is 9.59 Å². The van der Waals surface area contributed by atoms with Crippen molar-refractivity contribution in [3.63, 3.8) is 0 Å². The molecule has 1 aliphatic heterocycles. The van der Waals surface area contributed by atoms with Gasteiger partial charge in [0.2, 0.25) is 5.91 Å². The van der Waals surface area contributed by atoms with Crippen molar-refractivity contribution >= 4 is 22.7 Å². The van der Waals surface area contributed by atoms with Gasteiger partial charge in [-0.15, -0.1) is 0 Å². The lowest BCUT2D eigenvalue weighted by Crippen LogP contribution is -2.51. The van der Waals surface area contributed by atoms with Crippen LogP contribution in [-0.2, 0) is 11.2 Å². The van der Waals surface area contributed by atoms with E-state index in [0.717, 1.165) is 22.2 Å². The van der Waals surface area contributed by atoms with Crippen LogP contribution < -0.4 is 4.74 Å². The Balaban J connectivity index is 1.35. The molecule has 148 valence electrons. The second-order valence-electron chi connectivity index (χ2n) is 7.11. The smallest absolute Gasteiger partial charge is 0.253 e. The number of ether oxygens (including phenoxy) is 1. The minimum absolute atomic E-state index is 0.00185. The van der Waals surface area contributed by atoms with Gasteiger partial charge in [-0.1, -0.05) is 18.2 Å². The van der Waals surface area contributed by atoms with Crippen molar-refractivity contribution in [2.24, 2.45) is 0 Å². The predicted molar refractivity (Wildman–Crippen MR) is 111 cm³/mol. The molecule has 1 aliphatic rings. The van der Waals surface area contributed by atoms with Gasteiger partial charge in [0.1, 0.15) is 5.75 Å². The summed E-state index contributed by atoms with van der Waals surface area (Å²) in [7, 11) is 1.62. The Kier molecular flexibility index (Phi) is 5.42. The van der Waals surface area contributed by atoms with Crippen molar-refractivity contribution < 1.29 is 14.3 Å². The third-order valence-corrected chi connectivity index (χ3v) is 5.28. The van der Waals surface area contributed by atoms with Gasteiger partial charge in [-0.3, -0.25) is 14.6 Å². The molecular formula is C23H23N3O3. The molecule has 4 rings (SSSR count). The maximum absolute atomic E-state index is 12.9. The van der Waals surface area contributed by atoms with Gasteiger partial charge in [-0.05, 0) is 42.0 Å². The molecule has 2 heterocycles. The van der Waals surface area contributed by atoms with Crippen molar-refractivity contribution in [2.75, 3.05) is 33.3 Å². The molecular weight excluding hydrogens is 366 g/mol. The number of aromatic nitrogens is 1. The zero-order chi connectivity index (χ0) is 20.2. The van der Waals surface area contributed by atoms with Crippen LogP contribution >= 0.6 is 0 Å². The van der Waals surface area contributed by atoms with Crippen molar-refractivity contribution in [2.45, 2.75) is 6.42 Å². The van der Waals surface area contributed by atoms with Gasteiger partial charge < -0.3 is 14.5 Å². The van der Waals surface area contributed by atoms with Crippen LogP contribution in [0.3, 0.4) is 0 Å². The van der Waals surface area contributed by atoms with Gasteiger partial charge in [0, 0.05) is 43.3 Å². The predicted octanol–water partition coefficient (Wildman–Crippen LogP) is 2.77. The van der Waals surface area contributed by atoms with Gasteiger partial charge in [-0.25, -0.2) is 0 Å². The molecule has 29 heavy (non-hydrogen) atoms. The number of piperazine rings is 1. The van der Waals surface area contributed by atoms with Crippen molar-refractivity contribution in [3.05, 3.63) is 71.9 Å². The van der Waals surface area contributed by atoms with E-state index in [1.54, 1.807) is 13.3 Å². The summed E-state index contributed by atoms with van der Waals surface area (Å²) in [6.45, 7) is 2.18. The molecule has 2 aromatic carbocycles. The lowest BCUT2D eigenvalue weighted by atomic mass is 10.1. The van der Waals surface area contributed by atoms with E-state index >= 15 is 0 Å². The largest absolute Gasteiger partial charge is 0.497 e. The number of carbonyl (C=O) groups is 2. The van der Waals surface area contributed by atoms with E-state index in [2.05, 4.69) is 4.98 Å². The SMILES string of the molecule is COc1ccc(CC(=O)N2CCN(C(=O)c3ccc4ncccc4c3)CC2)cc1. The Morgan fingerprint density at radius 1 is 0.966 bits per heavy atom. The minimum atomic E-state index is -0.00185. The number of hydrogen-bond donors (Lipinski definition) is 0. The van der Waals surface area contributed by atoms with Crippen LogP contribution in [0, 0.1) is 0 Å². The Bertz CT molecular complexity index is 1020. The van der Waals surface area contributed by atoms with Gasteiger partial charge in [0.15, 0.2) is 0 Å². The van der Waals surface area contributed by atoms with E-state index in [4.69, 9.17) is 4.74 Å². The summed E-state index contributed by atoms with van der Waals surface area (Å²) in [5.41, 5.74) is 2.49. The zero-order valence-electron chi connectivity index (χ0n) is 16.4. The Morgan fingerprint density at radius 2 is 1.69 bits per heavy atom. The second kappa shape index (κ2) is 8.31. The van der Waals surface area contributed by atoms with E-state index in [0.29, 0.717) is 38.2 Å². The topological polar surface area (TPSA) is 62.7 Å². The van der Waals surface area contributed by atoms with Crippen LogP contribution in [0.25, 0.3) is 10.9 Å². The van der Waals surface area contributed by atoms with Crippen molar-refractivity contribution in [1.29, 1.82) is 0 Å². The first-order valence-electron chi connectivity index (χ1n) is 9.69. The number of hydrogen-bond acceptors (Lipinski definition) is 4. The molecule has 1 saturated heterocycles. The van der Waals surface area contributed by atoms with Crippen LogP contribution in [0.1, 0.15) is 15.9 Å². The number of methoxy groups -OCH3 is 1. The van der Waals surface area contributed by atoms with Crippen LogP contribution in [0.2, 0.25) is 0 Å². The molecule has 3 aromatic rings. The summed E-state index contributed by atoms with van der Waals surface area (Å²) in [6, 6.07) is 16.9. The first-order valence-corrected chi connectivity index (χ1v) is 9.69. The number of amides is 2. The Hall–Kier alpha value is -3.41. The fourth-order valence-corrected chi connectivity index (χ4v) is 3.58. The van der Waals surface area contributed by atoms with Gasteiger partial charge in [0.05, 0.1) is 19.0 Å². The van der Waals surface area contributed by atoms with E-state index in [-0.39, 0.29) is 11.8 Å². The molecule has 0 spiro atoms. The second-order valence-corrected chi connectivity index (χ2v) is 7.11. The van der Waals surface area contributed by atoms with E-state index in [1.807, 2.05) is 64.4 Å². The first kappa shape index (κ1) is 18.9. The number of nitrogens with zero attached hydrogens (tertiary/aromatic N) is 3. The summed E-state index contributed by atoms with van der Waals surface area (Å²) in [4.78, 5) is 33.4. The highest BCUT2D eigenvalue weighted by Crippen LogP contribution is 2.17. The quantitative estimate of drug-likeness (QED) is 0.688. The maximum atomic E-state index is 12.9. The summed E-state index contributed by atoms with van der Waals surface area (Å²) in [5, 5.41) is 0.951. The van der Waals surface area contributed by atoms with Crippen LogP contribution in [0.4, 0.5) is 0 Å². The molecule has 0 N–H and O–H groups in total. The van der Waals surface area contributed by atoms with Crippen LogP contribution in [0.5, 0.6) is 5.75 Å². The minimum Gasteiger partial charge on any atom is -0.497 e. The molecule has 0 saturated carbocycles. The fourth-order valence-electron chi connectivity index (χ4n) is 3.58. The van der Waals surface area contributed by atoms with E-state index in [1.165, 1.54) is 0 Å². The summed E-state index contributed by atoms with van der Waals surface area (Å²) in [5.74, 6) is 0.856. The number of pyridine rings is 1. The van der Waals surface area contributed by atoms with Crippen molar-refractivity contribution in [1.82, 2.24) is 14.8 Å². The summed E-state index contributed by atoms with van der Waals surface area (Å²) >= 11 is 0. The molecule has 0 unspecified atom stereocenters. The van der Waals surface area contributed by atoms with Crippen LogP contribution in [0.15, 0.2) is 60.8 Å². The molecule has 1 aromatic heterocycles. The van der Waals surface area contributed by atoms with Gasteiger partial charge in [0.25, 0.3) is 5.91 Å². The third kappa shape index (κ3) is 4.21. The average Bonchev–Trinajstić information content (AvgIpc) is 2.79. The molecule has 0 bridgehead atoms. The molecule has 0 radical (unpaired) electrons. The maximum Gasteiger partial charge on any atom is 0.253 e. The standard InChI is InChI=1S/C23H23N3O3/c1-29-20-7-4-17(5-8-20)15-22(27)25-11-13-26(14-12-25)23(28)19-6-9-21-18(16-19)3-2-10-24-21/h2-10,16H,11-15H2,1H3. The average molecular weight is 389 g/mol. The lowest BCUT2D eigenvalue weighted by Gasteiger charge is -2.35. The van der Waals surface area contributed by atoms with Crippen LogP contribution in [-0.4, -0.2) is 59.9 Å². The normalized spacial score (nSPS) is 14.1.